The summed E-state index contributed by atoms with van der Waals surface area (Å²) in [5.74, 6) is 0.404. The van der Waals surface area contributed by atoms with Gasteiger partial charge in [-0.2, -0.15) is 0 Å². The van der Waals surface area contributed by atoms with Crippen molar-refractivity contribution < 1.29 is 4.79 Å². The van der Waals surface area contributed by atoms with Gasteiger partial charge in [0.05, 0.1) is 18.2 Å². The van der Waals surface area contributed by atoms with Crippen LogP contribution in [0.4, 0.5) is 0 Å². The number of aromatic nitrogens is 3. The summed E-state index contributed by atoms with van der Waals surface area (Å²) in [5, 5.41) is 3.04. The minimum Gasteiger partial charge on any atom is -0.347 e. The molecule has 1 aromatic carbocycles. The molecule has 0 spiro atoms. The van der Waals surface area contributed by atoms with Gasteiger partial charge in [0.25, 0.3) is 5.56 Å². The molecule has 1 amide bonds. The number of H-pyrrole nitrogens is 1. The largest absolute Gasteiger partial charge is 0.347 e. The molecule has 2 aromatic heterocycles. The maximum atomic E-state index is 12.6. The van der Waals surface area contributed by atoms with E-state index < -0.39 is 0 Å². The average molecular weight is 376 g/mol. The normalized spacial score (nSPS) is 12.0. The van der Waals surface area contributed by atoms with E-state index in [1.807, 2.05) is 51.1 Å². The Morgan fingerprint density at radius 1 is 1.18 bits per heavy atom. The molecule has 1 atom stereocenters. The average Bonchev–Trinajstić information content (AvgIpc) is 2.66. The Morgan fingerprint density at radius 2 is 2.00 bits per heavy atom. The quantitative estimate of drug-likeness (QED) is 0.692. The van der Waals surface area contributed by atoms with E-state index in [-0.39, 0.29) is 29.8 Å². The Morgan fingerprint density at radius 3 is 2.68 bits per heavy atom. The predicted molar refractivity (Wildman–Crippen MR) is 109 cm³/mol. The van der Waals surface area contributed by atoms with Crippen LogP contribution >= 0.6 is 0 Å². The number of benzene rings is 1. The second-order valence-corrected chi connectivity index (χ2v) is 7.22. The van der Waals surface area contributed by atoms with Crippen LogP contribution in [0.1, 0.15) is 36.7 Å². The molecule has 3 rings (SSSR count). The van der Waals surface area contributed by atoms with Crippen molar-refractivity contribution in [2.75, 3.05) is 0 Å². The molecular formula is C22H24N4O2. The summed E-state index contributed by atoms with van der Waals surface area (Å²) in [5.41, 5.74) is 3.06. The van der Waals surface area contributed by atoms with Gasteiger partial charge in [-0.05, 0) is 30.5 Å². The summed E-state index contributed by atoms with van der Waals surface area (Å²) in [6.45, 7) is 5.98. The van der Waals surface area contributed by atoms with Crippen molar-refractivity contribution in [1.82, 2.24) is 20.3 Å². The molecule has 0 unspecified atom stereocenters. The summed E-state index contributed by atoms with van der Waals surface area (Å²) < 4.78 is 0. The first-order valence-corrected chi connectivity index (χ1v) is 9.29. The van der Waals surface area contributed by atoms with Crippen LogP contribution in [0.3, 0.4) is 0 Å². The maximum Gasteiger partial charge on any atom is 0.251 e. The minimum atomic E-state index is -0.366. The van der Waals surface area contributed by atoms with Crippen LogP contribution in [0.5, 0.6) is 0 Å². The van der Waals surface area contributed by atoms with Crippen LogP contribution in [-0.2, 0) is 11.2 Å². The van der Waals surface area contributed by atoms with E-state index in [0.717, 1.165) is 16.7 Å². The second kappa shape index (κ2) is 8.61. The highest BCUT2D eigenvalue weighted by atomic mass is 16.1. The second-order valence-electron chi connectivity index (χ2n) is 7.22. The monoisotopic (exact) mass is 376 g/mol. The molecule has 6 nitrogen and oxygen atoms in total. The Bertz CT molecular complexity index is 1010. The fraction of sp³-hybridized carbons (Fsp3) is 0.273. The molecule has 0 fully saturated rings. The van der Waals surface area contributed by atoms with Crippen LogP contribution in [0.15, 0.2) is 59.7 Å². The summed E-state index contributed by atoms with van der Waals surface area (Å²) in [6.07, 6.45) is 3.58. The zero-order valence-electron chi connectivity index (χ0n) is 16.3. The van der Waals surface area contributed by atoms with Crippen molar-refractivity contribution in [3.8, 4) is 11.4 Å². The minimum absolute atomic E-state index is 0.0671. The van der Waals surface area contributed by atoms with E-state index >= 15 is 0 Å². The Kier molecular flexibility index (Phi) is 5.99. The summed E-state index contributed by atoms with van der Waals surface area (Å²) >= 11 is 0. The number of carbonyl (C=O) groups is 1. The molecular weight excluding hydrogens is 352 g/mol. The maximum absolute atomic E-state index is 12.6. The molecule has 6 heteroatoms. The number of rotatable bonds is 6. The van der Waals surface area contributed by atoms with E-state index in [1.165, 1.54) is 6.07 Å². The zero-order valence-corrected chi connectivity index (χ0v) is 16.3. The lowest BCUT2D eigenvalue weighted by Gasteiger charge is -2.22. The van der Waals surface area contributed by atoms with Crippen molar-refractivity contribution in [1.29, 1.82) is 0 Å². The lowest BCUT2D eigenvalue weighted by atomic mass is 9.99. The Balaban J connectivity index is 1.85. The number of pyridine rings is 1. The van der Waals surface area contributed by atoms with Gasteiger partial charge in [-0.3, -0.25) is 14.6 Å². The van der Waals surface area contributed by atoms with Crippen LogP contribution < -0.4 is 10.9 Å². The molecule has 2 heterocycles. The first-order chi connectivity index (χ1) is 13.4. The van der Waals surface area contributed by atoms with Gasteiger partial charge in [0, 0.05) is 24.0 Å². The third-order valence-corrected chi connectivity index (χ3v) is 4.45. The summed E-state index contributed by atoms with van der Waals surface area (Å²) in [6, 6.07) is 12.6. The highest BCUT2D eigenvalue weighted by Crippen LogP contribution is 2.21. The summed E-state index contributed by atoms with van der Waals surface area (Å²) in [7, 11) is 0. The third kappa shape index (κ3) is 4.91. The number of nitrogens with one attached hydrogen (secondary N) is 2. The van der Waals surface area contributed by atoms with Gasteiger partial charge in [0.2, 0.25) is 5.91 Å². The van der Waals surface area contributed by atoms with Gasteiger partial charge in [-0.1, -0.05) is 43.7 Å². The van der Waals surface area contributed by atoms with E-state index in [2.05, 4.69) is 20.3 Å². The molecule has 0 saturated heterocycles. The van der Waals surface area contributed by atoms with Crippen molar-refractivity contribution in [3.63, 3.8) is 0 Å². The van der Waals surface area contributed by atoms with Gasteiger partial charge < -0.3 is 10.3 Å². The van der Waals surface area contributed by atoms with E-state index in [9.17, 15) is 9.59 Å². The van der Waals surface area contributed by atoms with E-state index in [0.29, 0.717) is 11.5 Å². The molecule has 144 valence electrons. The molecule has 0 radical (unpaired) electrons. The first kappa shape index (κ1) is 19.5. The van der Waals surface area contributed by atoms with E-state index in [1.54, 1.807) is 18.5 Å². The van der Waals surface area contributed by atoms with Crippen LogP contribution in [0.2, 0.25) is 0 Å². The molecule has 28 heavy (non-hydrogen) atoms. The number of amides is 1. The van der Waals surface area contributed by atoms with Crippen LogP contribution in [-0.4, -0.2) is 20.9 Å². The topological polar surface area (TPSA) is 87.7 Å². The van der Waals surface area contributed by atoms with Crippen LogP contribution in [0.25, 0.3) is 11.4 Å². The smallest absolute Gasteiger partial charge is 0.251 e. The SMILES string of the molecule is Cc1cccc(CC(=O)N[C@@H](c2cc(=O)[nH]c(-c3cccnc3)n2)C(C)C)c1. The third-order valence-electron chi connectivity index (χ3n) is 4.45. The summed E-state index contributed by atoms with van der Waals surface area (Å²) in [4.78, 5) is 36.2. The van der Waals surface area contributed by atoms with Gasteiger partial charge in [-0.15, -0.1) is 0 Å². The van der Waals surface area contributed by atoms with Gasteiger partial charge in [0.1, 0.15) is 5.82 Å². The molecule has 0 aliphatic heterocycles. The lowest BCUT2D eigenvalue weighted by molar-refractivity contribution is -0.121. The number of hydrogen-bond acceptors (Lipinski definition) is 4. The molecule has 2 N–H and O–H groups in total. The van der Waals surface area contributed by atoms with Crippen LogP contribution in [0, 0.1) is 12.8 Å². The standard InChI is InChI=1S/C22H24N4O2/c1-14(2)21(25-19(27)11-16-7-4-6-15(3)10-16)18-12-20(28)26-22(24-18)17-8-5-9-23-13-17/h4-10,12-14,21H,11H2,1-3H3,(H,25,27)(H,24,26,28)/t21-/m1/s1. The first-order valence-electron chi connectivity index (χ1n) is 9.29. The molecule has 0 saturated carbocycles. The molecule has 0 aliphatic carbocycles. The zero-order chi connectivity index (χ0) is 20.1. The number of aromatic amines is 1. The molecule has 0 bridgehead atoms. The van der Waals surface area contributed by atoms with Gasteiger partial charge >= 0.3 is 0 Å². The van der Waals surface area contributed by atoms with Crippen molar-refractivity contribution >= 4 is 5.91 Å². The number of nitrogens with zero attached hydrogens (tertiary/aromatic N) is 2. The number of carbonyl (C=O) groups excluding carboxylic acids is 1. The van der Waals surface area contributed by atoms with Crippen molar-refractivity contribution in [2.45, 2.75) is 33.2 Å². The Hall–Kier alpha value is -3.28. The predicted octanol–water partition coefficient (Wildman–Crippen LogP) is 3.20. The van der Waals surface area contributed by atoms with Gasteiger partial charge in [-0.25, -0.2) is 4.98 Å². The Labute approximate surface area is 164 Å². The van der Waals surface area contributed by atoms with E-state index in [4.69, 9.17) is 0 Å². The van der Waals surface area contributed by atoms with Crippen molar-refractivity contribution in [2.24, 2.45) is 5.92 Å². The lowest BCUT2D eigenvalue weighted by Crippen LogP contribution is -2.34. The molecule has 0 aliphatic rings. The number of aryl methyl sites for hydroxylation is 1. The highest BCUT2D eigenvalue weighted by molar-refractivity contribution is 5.79. The number of hydrogen-bond donors (Lipinski definition) is 2. The fourth-order valence-electron chi connectivity index (χ4n) is 3.09. The highest BCUT2D eigenvalue weighted by Gasteiger charge is 2.21. The fourth-order valence-corrected chi connectivity index (χ4v) is 3.09. The van der Waals surface area contributed by atoms with Crippen molar-refractivity contribution in [3.05, 3.63) is 82.0 Å². The molecule has 3 aromatic rings. The van der Waals surface area contributed by atoms with Gasteiger partial charge in [0.15, 0.2) is 0 Å².